The SMILES string of the molecule is COc1ccc([C@H]2Nc3cc(C)c(C)cc3NC3=C2C(=O)CC(C)(C)C3)cc1. The standard InChI is InChI=1S/C24H28N2O2/c1-14-10-18-19(11-15(14)2)26-23(16-6-8-17(28-5)9-7-16)22-20(25-18)12-24(3,4)13-21(22)27/h6-11,23,25-26H,12-13H2,1-5H3/t23-/m1/s1. The number of carbonyl (C=O) groups excluding carboxylic acids is 1. The van der Waals surface area contributed by atoms with Crippen molar-refractivity contribution in [1.29, 1.82) is 0 Å². The lowest BCUT2D eigenvalue weighted by Crippen LogP contribution is -2.31. The number of Topliss-reactive ketones (excluding diaryl/α,β-unsaturated/α-hetero) is 1. The highest BCUT2D eigenvalue weighted by Gasteiger charge is 2.38. The Hall–Kier alpha value is -2.75. The number of benzene rings is 2. The second kappa shape index (κ2) is 6.69. The Morgan fingerprint density at radius 3 is 2.29 bits per heavy atom. The molecule has 0 unspecified atom stereocenters. The van der Waals surface area contributed by atoms with Gasteiger partial charge in [0.2, 0.25) is 0 Å². The summed E-state index contributed by atoms with van der Waals surface area (Å²) in [6.07, 6.45) is 1.42. The predicted molar refractivity (Wildman–Crippen MR) is 114 cm³/mol. The first-order chi connectivity index (χ1) is 13.3. The molecule has 2 N–H and O–H groups in total. The second-order valence-electron chi connectivity index (χ2n) is 8.79. The lowest BCUT2D eigenvalue weighted by Gasteiger charge is -2.34. The lowest BCUT2D eigenvalue weighted by atomic mass is 9.73. The van der Waals surface area contributed by atoms with Crippen LogP contribution in [0, 0.1) is 19.3 Å². The highest BCUT2D eigenvalue weighted by molar-refractivity contribution is 6.01. The molecule has 1 aliphatic carbocycles. The molecular weight excluding hydrogens is 348 g/mol. The number of hydrogen-bond donors (Lipinski definition) is 2. The number of ether oxygens (including phenoxy) is 1. The quantitative estimate of drug-likeness (QED) is 0.723. The first-order valence-corrected chi connectivity index (χ1v) is 9.82. The van der Waals surface area contributed by atoms with Crippen LogP contribution in [0.15, 0.2) is 47.7 Å². The zero-order chi connectivity index (χ0) is 20.1. The Kier molecular flexibility index (Phi) is 4.45. The summed E-state index contributed by atoms with van der Waals surface area (Å²) < 4.78 is 5.31. The van der Waals surface area contributed by atoms with Crippen molar-refractivity contribution in [2.45, 2.75) is 46.6 Å². The van der Waals surface area contributed by atoms with Crippen molar-refractivity contribution in [2.75, 3.05) is 17.7 Å². The Bertz CT molecular complexity index is 971. The van der Waals surface area contributed by atoms with Crippen LogP contribution in [0.2, 0.25) is 0 Å². The summed E-state index contributed by atoms with van der Waals surface area (Å²) in [7, 11) is 1.66. The molecule has 4 heteroatoms. The molecule has 4 rings (SSSR count). The number of allylic oxidation sites excluding steroid dienone is 1. The molecule has 4 nitrogen and oxygen atoms in total. The Morgan fingerprint density at radius 2 is 1.64 bits per heavy atom. The van der Waals surface area contributed by atoms with Gasteiger partial charge in [-0.1, -0.05) is 26.0 Å². The first kappa shape index (κ1) is 18.6. The summed E-state index contributed by atoms with van der Waals surface area (Å²) in [4.78, 5) is 13.2. The van der Waals surface area contributed by atoms with Crippen LogP contribution in [-0.4, -0.2) is 12.9 Å². The van der Waals surface area contributed by atoms with Gasteiger partial charge in [0.25, 0.3) is 0 Å². The fourth-order valence-corrected chi connectivity index (χ4v) is 4.26. The predicted octanol–water partition coefficient (Wildman–Crippen LogP) is 5.53. The maximum Gasteiger partial charge on any atom is 0.163 e. The number of fused-ring (bicyclic) bond motifs is 1. The Labute approximate surface area is 167 Å². The van der Waals surface area contributed by atoms with Gasteiger partial charge >= 0.3 is 0 Å². The van der Waals surface area contributed by atoms with Gasteiger partial charge in [0, 0.05) is 17.7 Å². The molecule has 2 aromatic carbocycles. The normalized spacial score (nSPS) is 20.5. The Balaban J connectivity index is 1.87. The fraction of sp³-hybridized carbons (Fsp3) is 0.375. The molecule has 0 saturated carbocycles. The third-order valence-electron chi connectivity index (χ3n) is 5.88. The smallest absolute Gasteiger partial charge is 0.163 e. The summed E-state index contributed by atoms with van der Waals surface area (Å²) in [6.45, 7) is 8.57. The van der Waals surface area contributed by atoms with E-state index in [0.717, 1.165) is 40.4 Å². The van der Waals surface area contributed by atoms with Crippen LogP contribution in [0.3, 0.4) is 0 Å². The molecular formula is C24H28N2O2. The average Bonchev–Trinajstić information content (AvgIpc) is 2.78. The number of hydrogen-bond acceptors (Lipinski definition) is 4. The first-order valence-electron chi connectivity index (χ1n) is 9.82. The largest absolute Gasteiger partial charge is 0.497 e. The van der Waals surface area contributed by atoms with Gasteiger partial charge in [0.1, 0.15) is 5.75 Å². The molecule has 1 atom stereocenters. The van der Waals surface area contributed by atoms with E-state index in [4.69, 9.17) is 4.74 Å². The molecule has 2 aliphatic rings. The van der Waals surface area contributed by atoms with Crippen LogP contribution < -0.4 is 15.4 Å². The van der Waals surface area contributed by atoms with E-state index < -0.39 is 0 Å². The topological polar surface area (TPSA) is 50.4 Å². The third-order valence-corrected chi connectivity index (χ3v) is 5.88. The Morgan fingerprint density at radius 1 is 1.00 bits per heavy atom. The van der Waals surface area contributed by atoms with Gasteiger partial charge in [-0.2, -0.15) is 0 Å². The summed E-state index contributed by atoms with van der Waals surface area (Å²) in [5.41, 5.74) is 7.45. The summed E-state index contributed by atoms with van der Waals surface area (Å²) in [5, 5.41) is 7.27. The third kappa shape index (κ3) is 3.28. The maximum atomic E-state index is 13.2. The van der Waals surface area contributed by atoms with Gasteiger partial charge in [0.05, 0.1) is 24.5 Å². The number of aryl methyl sites for hydroxylation is 2. The second-order valence-corrected chi connectivity index (χ2v) is 8.79. The fourth-order valence-electron chi connectivity index (χ4n) is 4.26. The molecule has 0 radical (unpaired) electrons. The van der Waals surface area contributed by atoms with Gasteiger partial charge in [-0.05, 0) is 66.6 Å². The van der Waals surface area contributed by atoms with Crippen molar-refractivity contribution in [1.82, 2.24) is 0 Å². The number of anilines is 2. The number of rotatable bonds is 2. The number of ketones is 1. The zero-order valence-corrected chi connectivity index (χ0v) is 17.3. The number of nitrogens with one attached hydrogen (secondary N) is 2. The van der Waals surface area contributed by atoms with E-state index in [1.807, 2.05) is 24.3 Å². The van der Waals surface area contributed by atoms with E-state index in [2.05, 4.69) is 50.5 Å². The molecule has 2 aromatic rings. The molecule has 0 bridgehead atoms. The minimum absolute atomic E-state index is 0.0440. The van der Waals surface area contributed by atoms with Crippen LogP contribution in [0.1, 0.15) is 49.4 Å². The van der Waals surface area contributed by atoms with Crippen LogP contribution >= 0.6 is 0 Å². The van der Waals surface area contributed by atoms with Crippen LogP contribution in [0.5, 0.6) is 5.75 Å². The molecule has 0 spiro atoms. The van der Waals surface area contributed by atoms with E-state index in [0.29, 0.717) is 6.42 Å². The molecule has 146 valence electrons. The zero-order valence-electron chi connectivity index (χ0n) is 17.3. The molecule has 0 amide bonds. The van der Waals surface area contributed by atoms with Crippen molar-refractivity contribution in [2.24, 2.45) is 5.41 Å². The number of methoxy groups -OCH3 is 1. The van der Waals surface area contributed by atoms with Crippen molar-refractivity contribution < 1.29 is 9.53 Å². The van der Waals surface area contributed by atoms with Crippen molar-refractivity contribution >= 4 is 17.2 Å². The van der Waals surface area contributed by atoms with Gasteiger partial charge < -0.3 is 15.4 Å². The van der Waals surface area contributed by atoms with Crippen molar-refractivity contribution in [3.63, 3.8) is 0 Å². The number of carbonyl (C=O) groups is 1. The summed E-state index contributed by atoms with van der Waals surface area (Å²) in [6, 6.07) is 12.1. The molecule has 0 aromatic heterocycles. The van der Waals surface area contributed by atoms with Crippen LogP contribution in [0.25, 0.3) is 0 Å². The summed E-state index contributed by atoms with van der Waals surface area (Å²) >= 11 is 0. The molecule has 1 aliphatic heterocycles. The van der Waals surface area contributed by atoms with Crippen LogP contribution in [-0.2, 0) is 4.79 Å². The van der Waals surface area contributed by atoms with Crippen LogP contribution in [0.4, 0.5) is 11.4 Å². The van der Waals surface area contributed by atoms with Gasteiger partial charge in [-0.15, -0.1) is 0 Å². The minimum atomic E-state index is -0.180. The van der Waals surface area contributed by atoms with Crippen molar-refractivity contribution in [3.8, 4) is 5.75 Å². The van der Waals surface area contributed by atoms with Gasteiger partial charge in [0.15, 0.2) is 5.78 Å². The molecule has 0 fully saturated rings. The average molecular weight is 377 g/mol. The highest BCUT2D eigenvalue weighted by Crippen LogP contribution is 2.46. The molecule has 0 saturated heterocycles. The minimum Gasteiger partial charge on any atom is -0.497 e. The monoisotopic (exact) mass is 376 g/mol. The van der Waals surface area contributed by atoms with Gasteiger partial charge in [-0.3, -0.25) is 4.79 Å². The van der Waals surface area contributed by atoms with E-state index in [9.17, 15) is 4.79 Å². The van der Waals surface area contributed by atoms with E-state index in [1.165, 1.54) is 11.1 Å². The van der Waals surface area contributed by atoms with Crippen molar-refractivity contribution in [3.05, 3.63) is 64.4 Å². The lowest BCUT2D eigenvalue weighted by molar-refractivity contribution is -0.118. The maximum absolute atomic E-state index is 13.2. The van der Waals surface area contributed by atoms with E-state index in [-0.39, 0.29) is 17.2 Å². The highest BCUT2D eigenvalue weighted by atomic mass is 16.5. The van der Waals surface area contributed by atoms with E-state index in [1.54, 1.807) is 7.11 Å². The molecule has 28 heavy (non-hydrogen) atoms. The summed E-state index contributed by atoms with van der Waals surface area (Å²) in [5.74, 6) is 1.03. The van der Waals surface area contributed by atoms with E-state index >= 15 is 0 Å². The molecule has 1 heterocycles. The van der Waals surface area contributed by atoms with Gasteiger partial charge in [-0.25, -0.2) is 0 Å².